The number of hydrogen-bond acceptors (Lipinski definition) is 16. The van der Waals surface area contributed by atoms with Crippen LogP contribution in [-0.2, 0) is 69.7 Å². The average Bonchev–Trinajstić information content (AvgIpc) is 3.25. The topological polar surface area (TPSA) is 238 Å². The van der Waals surface area contributed by atoms with Gasteiger partial charge >= 0.3 is 82.5 Å². The molecule has 0 saturated heterocycles. The van der Waals surface area contributed by atoms with E-state index >= 15 is 0 Å². The molecule has 0 aromatic heterocycles. The van der Waals surface area contributed by atoms with Crippen molar-refractivity contribution in [2.24, 2.45) is 0 Å². The zero-order chi connectivity index (χ0) is 59.8. The van der Waals surface area contributed by atoms with Crippen LogP contribution in [0.5, 0.6) is 5.75 Å². The molecule has 0 bridgehead atoms. The van der Waals surface area contributed by atoms with Gasteiger partial charge in [-0.3, -0.25) is 0 Å². The van der Waals surface area contributed by atoms with Crippen molar-refractivity contribution in [1.82, 2.24) is 0 Å². The van der Waals surface area contributed by atoms with E-state index in [4.69, 9.17) is 0 Å². The molecule has 0 amide bonds. The fourth-order valence-electron chi connectivity index (χ4n) is 4.66. The third-order valence-electron chi connectivity index (χ3n) is 8.74. The quantitative estimate of drug-likeness (QED) is 0.0148. The number of rotatable bonds is 23. The summed E-state index contributed by atoms with van der Waals surface area (Å²) in [5.41, 5.74) is -4.61. The van der Waals surface area contributed by atoms with Crippen LogP contribution in [-0.4, -0.2) is 122 Å². The van der Waals surface area contributed by atoms with Crippen LogP contribution in [0.25, 0.3) is 0 Å². The van der Waals surface area contributed by atoms with Crippen LogP contribution in [0.2, 0.25) is 0 Å². The van der Waals surface area contributed by atoms with E-state index in [1.54, 1.807) is 0 Å². The van der Waals surface area contributed by atoms with E-state index in [2.05, 4.69) is 41.6 Å². The molecule has 2 atom stereocenters. The molecule has 0 N–H and O–H groups in total. The zero-order valence-corrected chi connectivity index (χ0v) is 38.6. The predicted octanol–water partition coefficient (Wildman–Crippen LogP) is 8.61. The van der Waals surface area contributed by atoms with E-state index in [9.17, 15) is 133 Å². The van der Waals surface area contributed by atoms with Crippen molar-refractivity contribution in [1.29, 1.82) is 0 Å². The Morgan fingerprint density at radius 2 is 0.868 bits per heavy atom. The highest BCUT2D eigenvalue weighted by atomic mass is 32.2. The molecule has 2 rings (SSSR count). The molecule has 0 saturated carbocycles. The number of ether oxygens (including phenoxy) is 6. The van der Waals surface area contributed by atoms with E-state index in [1.165, 1.54) is 49.4 Å². The summed E-state index contributed by atoms with van der Waals surface area (Å²) in [6.45, 7) is 1.09. The van der Waals surface area contributed by atoms with Crippen LogP contribution in [0.3, 0.4) is 0 Å². The van der Waals surface area contributed by atoms with Gasteiger partial charge in [-0.25, -0.2) is 36.0 Å². The summed E-state index contributed by atoms with van der Waals surface area (Å²) in [6, 6.07) is 10.7. The SMILES string of the molecule is C=C(C(=O)OC(OCCCC(F)(F)C(F)(F)S(=O)(=O)[O-])(C(=O)OCc1ccccc1)C(F)(F)F)C(F)(F)F.C=C(C(=O)OC(OCCCC(F)(F)C(F)(F)S(=O)(=O)[O-])(C(=O)Oc1ccc(C)cc1)C(F)(F)F)C(F)(F)F. The van der Waals surface area contributed by atoms with Gasteiger partial charge in [0.1, 0.15) is 23.5 Å². The fourth-order valence-corrected chi connectivity index (χ4v) is 5.60. The Labute approximate surface area is 411 Å². The molecule has 0 heterocycles. The van der Waals surface area contributed by atoms with E-state index in [0.29, 0.717) is 5.56 Å². The van der Waals surface area contributed by atoms with Gasteiger partial charge in [0.25, 0.3) is 0 Å². The largest absolute Gasteiger partial charge is 0.743 e. The maximum atomic E-state index is 13.9. The minimum atomic E-state index is -6.95. The molecule has 0 spiro atoms. The molecule has 432 valence electrons. The van der Waals surface area contributed by atoms with Gasteiger partial charge in [0.2, 0.25) is 0 Å². The van der Waals surface area contributed by atoms with Crippen LogP contribution in [0.15, 0.2) is 78.9 Å². The number of aryl methyl sites for hydroxylation is 1. The zero-order valence-electron chi connectivity index (χ0n) is 37.0. The van der Waals surface area contributed by atoms with Crippen LogP contribution >= 0.6 is 0 Å². The summed E-state index contributed by atoms with van der Waals surface area (Å²) in [5.74, 6) is -33.4. The summed E-state index contributed by atoms with van der Waals surface area (Å²) in [5, 5.41) is -12.4. The fraction of sp³-hybridized carbons (Fsp3) is 0.474. The van der Waals surface area contributed by atoms with E-state index in [-0.39, 0.29) is 5.56 Å². The number of esters is 4. The molecule has 0 fully saturated rings. The number of carbonyl (C=O) groups is 4. The van der Waals surface area contributed by atoms with Gasteiger partial charge in [-0.05, 0) is 37.5 Å². The number of carbonyl (C=O) groups excluding carboxylic acids is 4. The molecule has 0 aliphatic carbocycles. The maximum absolute atomic E-state index is 13.9. The van der Waals surface area contributed by atoms with Crippen LogP contribution in [0.4, 0.5) is 87.8 Å². The van der Waals surface area contributed by atoms with Gasteiger partial charge < -0.3 is 37.5 Å². The van der Waals surface area contributed by atoms with Crippen molar-refractivity contribution in [3.05, 3.63) is 90.0 Å². The van der Waals surface area contributed by atoms with Crippen LogP contribution < -0.4 is 4.74 Å². The monoisotopic (exact) mass is 1190 g/mol. The van der Waals surface area contributed by atoms with E-state index in [0.717, 1.165) is 12.1 Å². The van der Waals surface area contributed by atoms with Crippen molar-refractivity contribution >= 4 is 44.1 Å². The van der Waals surface area contributed by atoms with Gasteiger partial charge in [-0.15, -0.1) is 0 Å². The molecule has 0 aliphatic heterocycles. The molecule has 0 aliphatic rings. The first-order chi connectivity index (χ1) is 33.9. The Balaban J connectivity index is 0.000000760. The maximum Gasteiger partial charge on any atom is 0.468 e. The summed E-state index contributed by atoms with van der Waals surface area (Å²) in [4.78, 5) is 48.2. The lowest BCUT2D eigenvalue weighted by molar-refractivity contribution is -0.356. The molecule has 2 aromatic carbocycles. The predicted molar refractivity (Wildman–Crippen MR) is 203 cm³/mol. The summed E-state index contributed by atoms with van der Waals surface area (Å²) >= 11 is 0. The van der Waals surface area contributed by atoms with Crippen molar-refractivity contribution in [3.63, 3.8) is 0 Å². The molecule has 0 radical (unpaired) electrons. The second-order valence-corrected chi connectivity index (χ2v) is 17.3. The summed E-state index contributed by atoms with van der Waals surface area (Å²) < 4.78 is 353. The van der Waals surface area contributed by atoms with Crippen LogP contribution in [0.1, 0.15) is 36.8 Å². The van der Waals surface area contributed by atoms with Crippen molar-refractivity contribution in [3.8, 4) is 5.75 Å². The Hall–Kier alpha value is -5.86. The summed E-state index contributed by atoms with van der Waals surface area (Å²) in [6.07, 6.45) is -31.9. The molecule has 76 heavy (non-hydrogen) atoms. The van der Waals surface area contributed by atoms with Gasteiger partial charge in [0, 0.05) is 12.8 Å². The molecule has 16 nitrogen and oxygen atoms in total. The Morgan fingerprint density at radius 1 is 0.526 bits per heavy atom. The molecular weight excluding hydrogens is 1160 g/mol. The minimum Gasteiger partial charge on any atom is -0.743 e. The summed E-state index contributed by atoms with van der Waals surface area (Å²) in [7, 11) is -13.9. The first-order valence-corrected chi connectivity index (χ1v) is 22.0. The third kappa shape index (κ3) is 16.8. The lowest BCUT2D eigenvalue weighted by Crippen LogP contribution is -2.59. The van der Waals surface area contributed by atoms with Crippen molar-refractivity contribution < 1.29 is 161 Å². The second-order valence-electron chi connectivity index (χ2n) is 14.5. The molecule has 2 unspecified atom stereocenters. The van der Waals surface area contributed by atoms with Crippen molar-refractivity contribution in [2.75, 3.05) is 13.2 Å². The normalized spacial score (nSPS) is 14.9. The van der Waals surface area contributed by atoms with Gasteiger partial charge in [0.05, 0.1) is 13.2 Å². The van der Waals surface area contributed by atoms with Crippen molar-refractivity contribution in [2.45, 2.75) is 97.8 Å². The highest BCUT2D eigenvalue weighted by Gasteiger charge is 2.70. The first kappa shape index (κ1) is 68.2. The number of benzene rings is 2. The van der Waals surface area contributed by atoms with Gasteiger partial charge in [0.15, 0.2) is 20.2 Å². The highest BCUT2D eigenvalue weighted by Crippen LogP contribution is 2.45. The average molecular weight is 1190 g/mol. The van der Waals surface area contributed by atoms with Gasteiger partial charge in [-0.2, -0.15) is 87.8 Å². The third-order valence-corrected chi connectivity index (χ3v) is 10.6. The number of halogens is 20. The Morgan fingerprint density at radius 3 is 1.18 bits per heavy atom. The minimum absolute atomic E-state index is 0.0173. The molecule has 2 aromatic rings. The second kappa shape index (κ2) is 24.2. The number of alkyl halides is 20. The lowest BCUT2D eigenvalue weighted by Gasteiger charge is -2.33. The molecule has 38 heteroatoms. The smallest absolute Gasteiger partial charge is 0.468 e. The van der Waals surface area contributed by atoms with E-state index in [1.807, 2.05) is 0 Å². The first-order valence-electron chi connectivity index (χ1n) is 19.2. The Kier molecular flexibility index (Phi) is 21.7. The highest BCUT2D eigenvalue weighted by molar-refractivity contribution is 7.87. The Bertz CT molecular complexity index is 2620. The van der Waals surface area contributed by atoms with Crippen LogP contribution in [0, 0.1) is 6.92 Å². The molecular formula is C38H30F20O16S2-2. The lowest BCUT2D eigenvalue weighted by atomic mass is 10.2. The van der Waals surface area contributed by atoms with E-state index < -0.39 is 165 Å². The number of hydrogen-bond donors (Lipinski definition) is 0. The van der Waals surface area contributed by atoms with Gasteiger partial charge in [-0.1, -0.05) is 61.2 Å². The standard InChI is InChI=1S/2C19H16F10O8S/c1-10-4-6-12(7-5-10)36-14(31)16(18(25,26)27,37-13(30)11(2)17(22,23)24)35-9-3-8-15(20,21)19(28,29)38(32,33)34;1-11(17(22,23)24)13(30)37-16(18(25,26)27,14(31)35-10-12-6-3-2-4-7-12)36-9-5-8-15(20,21)19(28,29)38(32,33)34/h4-7H,2-3,8-9H2,1H3,(H,32,33,34);2-4,6-7H,1,5,8-10H2,(H,32,33,34)/p-2.